The SMILES string of the molecule is C#CC.CCCN1CC/C=C\C=C/CC1=O. The molecule has 0 radical (unpaired) electrons. The van der Waals surface area contributed by atoms with Crippen molar-refractivity contribution < 1.29 is 4.79 Å². The van der Waals surface area contributed by atoms with Crippen molar-refractivity contribution in [3.63, 3.8) is 0 Å². The molecule has 0 saturated carbocycles. The Balaban J connectivity index is 0.000000673. The van der Waals surface area contributed by atoms with Gasteiger partial charge in [-0.25, -0.2) is 0 Å². The predicted octanol–water partition coefficient (Wildman–Crippen LogP) is 2.77. The predicted molar refractivity (Wildman–Crippen MR) is 68.9 cm³/mol. The minimum absolute atomic E-state index is 0.252. The van der Waals surface area contributed by atoms with E-state index in [-0.39, 0.29) is 5.91 Å². The van der Waals surface area contributed by atoms with Crippen molar-refractivity contribution in [3.8, 4) is 12.3 Å². The van der Waals surface area contributed by atoms with Crippen LogP contribution in [0.3, 0.4) is 0 Å². The lowest BCUT2D eigenvalue weighted by Gasteiger charge is -2.20. The van der Waals surface area contributed by atoms with Gasteiger partial charge in [-0.3, -0.25) is 4.79 Å². The molecule has 0 spiro atoms. The summed E-state index contributed by atoms with van der Waals surface area (Å²) in [5, 5.41) is 0. The quantitative estimate of drug-likeness (QED) is 0.654. The Bertz CT molecular complexity index is 284. The molecule has 0 saturated heterocycles. The van der Waals surface area contributed by atoms with Gasteiger partial charge >= 0.3 is 0 Å². The second-order valence-corrected chi connectivity index (χ2v) is 3.52. The van der Waals surface area contributed by atoms with Gasteiger partial charge in [0.25, 0.3) is 0 Å². The highest BCUT2D eigenvalue weighted by atomic mass is 16.2. The molecule has 2 heteroatoms. The van der Waals surface area contributed by atoms with Crippen LogP contribution in [0.25, 0.3) is 0 Å². The molecule has 0 aliphatic carbocycles. The van der Waals surface area contributed by atoms with Crippen LogP contribution in [-0.4, -0.2) is 23.9 Å². The molecular formula is C14H21NO. The first kappa shape index (κ1) is 14.5. The van der Waals surface area contributed by atoms with Gasteiger partial charge < -0.3 is 4.90 Å². The zero-order chi connectivity index (χ0) is 12.2. The van der Waals surface area contributed by atoms with Crippen LogP contribution in [0.4, 0.5) is 0 Å². The molecule has 1 rings (SSSR count). The first-order valence-corrected chi connectivity index (χ1v) is 5.73. The summed E-state index contributed by atoms with van der Waals surface area (Å²) in [7, 11) is 0. The maximum Gasteiger partial charge on any atom is 0.226 e. The molecular weight excluding hydrogens is 198 g/mol. The van der Waals surface area contributed by atoms with Gasteiger partial charge in [0.15, 0.2) is 0 Å². The number of hydrogen-bond donors (Lipinski definition) is 0. The topological polar surface area (TPSA) is 20.3 Å². The maximum absolute atomic E-state index is 11.6. The minimum Gasteiger partial charge on any atom is -0.342 e. The molecule has 1 heterocycles. The number of carbonyl (C=O) groups is 1. The zero-order valence-corrected chi connectivity index (χ0v) is 10.3. The van der Waals surface area contributed by atoms with E-state index in [0.29, 0.717) is 6.42 Å². The molecule has 2 nitrogen and oxygen atoms in total. The van der Waals surface area contributed by atoms with Gasteiger partial charge in [0, 0.05) is 19.5 Å². The Hall–Kier alpha value is -1.49. The molecule has 1 aliphatic heterocycles. The molecule has 0 atom stereocenters. The van der Waals surface area contributed by atoms with Gasteiger partial charge in [-0.1, -0.05) is 31.2 Å². The van der Waals surface area contributed by atoms with E-state index in [1.54, 1.807) is 6.92 Å². The fraction of sp³-hybridized carbons (Fsp3) is 0.500. The second kappa shape index (κ2) is 10.0. The molecule has 16 heavy (non-hydrogen) atoms. The molecule has 0 N–H and O–H groups in total. The normalized spacial score (nSPS) is 19.3. The van der Waals surface area contributed by atoms with Crippen LogP contribution in [0, 0.1) is 12.3 Å². The van der Waals surface area contributed by atoms with Crippen LogP contribution >= 0.6 is 0 Å². The Kier molecular flexibility index (Phi) is 9.11. The van der Waals surface area contributed by atoms with Gasteiger partial charge in [-0.15, -0.1) is 12.3 Å². The van der Waals surface area contributed by atoms with Gasteiger partial charge in [-0.05, 0) is 19.8 Å². The van der Waals surface area contributed by atoms with Crippen molar-refractivity contribution >= 4 is 5.91 Å². The Morgan fingerprint density at radius 3 is 2.69 bits per heavy atom. The van der Waals surface area contributed by atoms with Crippen molar-refractivity contribution in [3.05, 3.63) is 24.3 Å². The van der Waals surface area contributed by atoms with Crippen LogP contribution in [0.5, 0.6) is 0 Å². The average Bonchev–Trinajstić information content (AvgIpc) is 2.35. The maximum atomic E-state index is 11.6. The lowest BCUT2D eigenvalue weighted by molar-refractivity contribution is -0.130. The third-order valence-corrected chi connectivity index (χ3v) is 2.09. The second-order valence-electron chi connectivity index (χ2n) is 3.52. The van der Waals surface area contributed by atoms with Crippen molar-refractivity contribution in [1.82, 2.24) is 4.90 Å². The van der Waals surface area contributed by atoms with E-state index in [1.807, 2.05) is 23.1 Å². The number of terminal acetylenes is 1. The zero-order valence-electron chi connectivity index (χ0n) is 10.3. The van der Waals surface area contributed by atoms with Crippen molar-refractivity contribution in [2.75, 3.05) is 13.1 Å². The van der Waals surface area contributed by atoms with Gasteiger partial charge in [0.2, 0.25) is 5.91 Å². The monoisotopic (exact) mass is 219 g/mol. The van der Waals surface area contributed by atoms with Crippen LogP contribution in [-0.2, 0) is 4.79 Å². The summed E-state index contributed by atoms with van der Waals surface area (Å²) < 4.78 is 0. The number of carbonyl (C=O) groups excluding carboxylic acids is 1. The lowest BCUT2D eigenvalue weighted by atomic mass is 10.3. The number of allylic oxidation sites excluding steroid dienone is 2. The van der Waals surface area contributed by atoms with Crippen molar-refractivity contribution in [2.24, 2.45) is 0 Å². The van der Waals surface area contributed by atoms with Crippen LogP contribution in [0.1, 0.15) is 33.1 Å². The largest absolute Gasteiger partial charge is 0.342 e. The molecule has 0 aromatic carbocycles. The third-order valence-electron chi connectivity index (χ3n) is 2.09. The molecule has 1 aliphatic rings. The van der Waals surface area contributed by atoms with Crippen LogP contribution in [0.15, 0.2) is 24.3 Å². The highest BCUT2D eigenvalue weighted by Crippen LogP contribution is 2.02. The van der Waals surface area contributed by atoms with E-state index >= 15 is 0 Å². The standard InChI is InChI=1S/C11H17NO.C3H4/c1-2-9-12-10-7-5-3-4-6-8-11(12)13;1-3-2/h3-6H,2,7-10H2,1H3;1H,2H3/b5-3-,6-4-;. The fourth-order valence-electron chi connectivity index (χ4n) is 1.41. The Morgan fingerprint density at radius 1 is 1.44 bits per heavy atom. The summed E-state index contributed by atoms with van der Waals surface area (Å²) in [6.45, 7) is 5.51. The first-order chi connectivity index (χ1) is 7.76. The third kappa shape index (κ3) is 6.89. The highest BCUT2D eigenvalue weighted by molar-refractivity contribution is 5.77. The molecule has 0 bridgehead atoms. The van der Waals surface area contributed by atoms with Gasteiger partial charge in [0.1, 0.15) is 0 Å². The van der Waals surface area contributed by atoms with Crippen LogP contribution in [0.2, 0.25) is 0 Å². The summed E-state index contributed by atoms with van der Waals surface area (Å²) in [5.41, 5.74) is 0. The molecule has 88 valence electrons. The summed E-state index contributed by atoms with van der Waals surface area (Å²) in [6.07, 6.45) is 15.2. The van der Waals surface area contributed by atoms with Crippen molar-refractivity contribution in [2.45, 2.75) is 33.1 Å². The Morgan fingerprint density at radius 2 is 2.06 bits per heavy atom. The summed E-state index contributed by atoms with van der Waals surface area (Å²) >= 11 is 0. The number of hydrogen-bond acceptors (Lipinski definition) is 1. The van der Waals surface area contributed by atoms with Gasteiger partial charge in [0.05, 0.1) is 0 Å². The molecule has 0 aromatic rings. The average molecular weight is 219 g/mol. The first-order valence-electron chi connectivity index (χ1n) is 5.73. The van der Waals surface area contributed by atoms with E-state index < -0.39 is 0 Å². The van der Waals surface area contributed by atoms with E-state index in [1.165, 1.54) is 0 Å². The summed E-state index contributed by atoms with van der Waals surface area (Å²) in [5.74, 6) is 2.50. The smallest absolute Gasteiger partial charge is 0.226 e. The fourth-order valence-corrected chi connectivity index (χ4v) is 1.41. The molecule has 1 amide bonds. The van der Waals surface area contributed by atoms with E-state index in [9.17, 15) is 4.79 Å². The Labute approximate surface area is 99.0 Å². The van der Waals surface area contributed by atoms with Gasteiger partial charge in [-0.2, -0.15) is 0 Å². The minimum atomic E-state index is 0.252. The van der Waals surface area contributed by atoms with E-state index in [0.717, 1.165) is 25.9 Å². The molecule has 0 aromatic heterocycles. The van der Waals surface area contributed by atoms with E-state index in [4.69, 9.17) is 0 Å². The summed E-state index contributed by atoms with van der Waals surface area (Å²) in [4.78, 5) is 13.5. The highest BCUT2D eigenvalue weighted by Gasteiger charge is 2.09. The summed E-state index contributed by atoms with van der Waals surface area (Å²) in [6, 6.07) is 0. The number of rotatable bonds is 2. The molecule has 0 unspecified atom stereocenters. The number of nitrogens with zero attached hydrogens (tertiary/aromatic N) is 1. The number of amides is 1. The van der Waals surface area contributed by atoms with Crippen molar-refractivity contribution in [1.29, 1.82) is 0 Å². The van der Waals surface area contributed by atoms with E-state index in [2.05, 4.69) is 25.3 Å². The molecule has 0 fully saturated rings. The van der Waals surface area contributed by atoms with Crippen LogP contribution < -0.4 is 0 Å². The lowest BCUT2D eigenvalue weighted by Crippen LogP contribution is -2.31.